The van der Waals surface area contributed by atoms with E-state index < -0.39 is 5.82 Å². The lowest BCUT2D eigenvalue weighted by Gasteiger charge is -2.35. The Morgan fingerprint density at radius 3 is 2.84 bits per heavy atom. The number of nitrogens with two attached hydrogens (primary N) is 1. The number of carbonyl (C=O) groups is 1. The average molecular weight is 352 g/mol. The van der Waals surface area contributed by atoms with Crippen LogP contribution in [0.2, 0.25) is 0 Å². The summed E-state index contributed by atoms with van der Waals surface area (Å²) in [5, 5.41) is 0. The molecule has 6 heteroatoms. The number of rotatable bonds is 2. The topological polar surface area (TPSA) is 46.3 Å². The molecule has 0 aliphatic carbocycles. The number of hydrogen-bond donors (Lipinski definition) is 1. The first-order valence-corrected chi connectivity index (χ1v) is 6.89. The minimum absolute atomic E-state index is 0. The molecular formula is C13H17BrClFN2O. The van der Waals surface area contributed by atoms with Crippen molar-refractivity contribution in [3.05, 3.63) is 34.1 Å². The smallest absolute Gasteiger partial charge is 0.257 e. The van der Waals surface area contributed by atoms with Gasteiger partial charge in [0.1, 0.15) is 5.82 Å². The number of nitrogens with zero attached hydrogens (tertiary/aromatic N) is 1. The lowest BCUT2D eigenvalue weighted by atomic mass is 10.0. The van der Waals surface area contributed by atoms with Gasteiger partial charge >= 0.3 is 0 Å². The van der Waals surface area contributed by atoms with Crippen LogP contribution in [0.25, 0.3) is 0 Å². The SMILES string of the molecule is Cl.NCC1CCCCN1C(=O)c1ccc(Br)cc1F. The highest BCUT2D eigenvalue weighted by atomic mass is 79.9. The van der Waals surface area contributed by atoms with Gasteiger partial charge in [-0.25, -0.2) is 4.39 Å². The van der Waals surface area contributed by atoms with E-state index >= 15 is 0 Å². The molecule has 1 saturated heterocycles. The van der Waals surface area contributed by atoms with Crippen molar-refractivity contribution < 1.29 is 9.18 Å². The first-order valence-electron chi connectivity index (χ1n) is 6.09. The van der Waals surface area contributed by atoms with E-state index in [9.17, 15) is 9.18 Å². The van der Waals surface area contributed by atoms with Gasteiger partial charge < -0.3 is 10.6 Å². The zero-order chi connectivity index (χ0) is 13.1. The van der Waals surface area contributed by atoms with Gasteiger partial charge in [-0.15, -0.1) is 12.4 Å². The summed E-state index contributed by atoms with van der Waals surface area (Å²) < 4.78 is 14.4. The number of amides is 1. The van der Waals surface area contributed by atoms with Crippen LogP contribution >= 0.6 is 28.3 Å². The van der Waals surface area contributed by atoms with Gasteiger partial charge in [-0.3, -0.25) is 4.79 Å². The largest absolute Gasteiger partial charge is 0.334 e. The summed E-state index contributed by atoms with van der Waals surface area (Å²) in [5.41, 5.74) is 5.80. The van der Waals surface area contributed by atoms with E-state index in [0.29, 0.717) is 17.6 Å². The minimum atomic E-state index is -0.490. The third-order valence-corrected chi connectivity index (χ3v) is 3.81. The maximum Gasteiger partial charge on any atom is 0.257 e. The van der Waals surface area contributed by atoms with Crippen molar-refractivity contribution >= 4 is 34.2 Å². The van der Waals surface area contributed by atoms with E-state index in [2.05, 4.69) is 15.9 Å². The van der Waals surface area contributed by atoms with E-state index in [1.165, 1.54) is 12.1 Å². The van der Waals surface area contributed by atoms with Crippen LogP contribution in [-0.4, -0.2) is 29.9 Å². The Morgan fingerprint density at radius 1 is 1.47 bits per heavy atom. The van der Waals surface area contributed by atoms with Crippen molar-refractivity contribution in [1.29, 1.82) is 0 Å². The normalized spacial score (nSPS) is 18.9. The van der Waals surface area contributed by atoms with Crippen molar-refractivity contribution in [2.24, 2.45) is 5.73 Å². The van der Waals surface area contributed by atoms with E-state index in [0.717, 1.165) is 19.3 Å². The Morgan fingerprint density at radius 2 is 2.21 bits per heavy atom. The van der Waals surface area contributed by atoms with Gasteiger partial charge in [0.05, 0.1) is 5.56 Å². The molecule has 1 heterocycles. The van der Waals surface area contributed by atoms with Crippen LogP contribution in [0.15, 0.2) is 22.7 Å². The lowest BCUT2D eigenvalue weighted by molar-refractivity contribution is 0.0618. The maximum absolute atomic E-state index is 13.8. The molecule has 1 atom stereocenters. The zero-order valence-corrected chi connectivity index (χ0v) is 12.8. The van der Waals surface area contributed by atoms with E-state index in [-0.39, 0.29) is 29.9 Å². The lowest BCUT2D eigenvalue weighted by Crippen LogP contribution is -2.47. The highest BCUT2D eigenvalue weighted by Gasteiger charge is 2.27. The monoisotopic (exact) mass is 350 g/mol. The summed E-state index contributed by atoms with van der Waals surface area (Å²) in [4.78, 5) is 14.0. The molecule has 0 saturated carbocycles. The second-order valence-electron chi connectivity index (χ2n) is 4.51. The van der Waals surface area contributed by atoms with Crippen molar-refractivity contribution in [3.8, 4) is 0 Å². The highest BCUT2D eigenvalue weighted by Crippen LogP contribution is 2.22. The molecule has 0 radical (unpaired) electrons. The molecule has 0 spiro atoms. The van der Waals surface area contributed by atoms with E-state index in [4.69, 9.17) is 5.73 Å². The van der Waals surface area contributed by atoms with Crippen LogP contribution in [0.1, 0.15) is 29.6 Å². The molecule has 106 valence electrons. The van der Waals surface area contributed by atoms with E-state index in [1.807, 2.05) is 0 Å². The summed E-state index contributed by atoms with van der Waals surface area (Å²) in [5.74, 6) is -0.745. The summed E-state index contributed by atoms with van der Waals surface area (Å²) in [6.07, 6.45) is 2.94. The summed E-state index contributed by atoms with van der Waals surface area (Å²) >= 11 is 3.18. The van der Waals surface area contributed by atoms with Crippen LogP contribution in [0.3, 0.4) is 0 Å². The molecule has 1 aliphatic rings. The van der Waals surface area contributed by atoms with Crippen LogP contribution in [0.5, 0.6) is 0 Å². The van der Waals surface area contributed by atoms with Gasteiger partial charge in [-0.2, -0.15) is 0 Å². The van der Waals surface area contributed by atoms with Crippen LogP contribution in [-0.2, 0) is 0 Å². The summed E-state index contributed by atoms with van der Waals surface area (Å²) in [6, 6.07) is 4.55. The first kappa shape index (κ1) is 16.4. The standard InChI is InChI=1S/C13H16BrFN2O.ClH/c14-9-4-5-11(12(15)7-9)13(18)17-6-2-1-3-10(17)8-16;/h4-5,7,10H,1-3,6,8,16H2;1H. The Bertz CT molecular complexity index is 458. The molecule has 1 aromatic carbocycles. The molecule has 19 heavy (non-hydrogen) atoms. The zero-order valence-electron chi connectivity index (χ0n) is 10.4. The molecule has 1 aliphatic heterocycles. The average Bonchev–Trinajstić information content (AvgIpc) is 2.38. The fourth-order valence-electron chi connectivity index (χ4n) is 2.33. The fourth-order valence-corrected chi connectivity index (χ4v) is 2.66. The predicted octanol–water partition coefficient (Wildman–Crippen LogP) is 2.96. The molecule has 2 rings (SSSR count). The van der Waals surface area contributed by atoms with E-state index in [1.54, 1.807) is 11.0 Å². The third-order valence-electron chi connectivity index (χ3n) is 3.32. The van der Waals surface area contributed by atoms with Gasteiger partial charge in [0, 0.05) is 23.6 Å². The number of benzene rings is 1. The molecule has 1 amide bonds. The van der Waals surface area contributed by atoms with Crippen molar-refractivity contribution in [1.82, 2.24) is 4.90 Å². The maximum atomic E-state index is 13.8. The molecule has 0 aromatic heterocycles. The number of hydrogen-bond acceptors (Lipinski definition) is 2. The van der Waals surface area contributed by atoms with Gasteiger partial charge in [-0.05, 0) is 37.5 Å². The molecule has 2 N–H and O–H groups in total. The second-order valence-corrected chi connectivity index (χ2v) is 5.42. The Balaban J connectivity index is 0.00000180. The Kier molecular flexibility index (Phi) is 6.23. The van der Waals surface area contributed by atoms with Crippen molar-refractivity contribution in [2.45, 2.75) is 25.3 Å². The van der Waals surface area contributed by atoms with Crippen molar-refractivity contribution in [2.75, 3.05) is 13.1 Å². The molecule has 3 nitrogen and oxygen atoms in total. The molecule has 1 fully saturated rings. The first-order chi connectivity index (χ1) is 8.63. The molecule has 1 unspecified atom stereocenters. The number of piperidine rings is 1. The van der Waals surface area contributed by atoms with Crippen LogP contribution in [0, 0.1) is 5.82 Å². The molecule has 1 aromatic rings. The number of likely N-dealkylation sites (tertiary alicyclic amines) is 1. The van der Waals surface area contributed by atoms with Crippen molar-refractivity contribution in [3.63, 3.8) is 0 Å². The summed E-state index contributed by atoms with van der Waals surface area (Å²) in [7, 11) is 0. The second kappa shape index (κ2) is 7.22. The van der Waals surface area contributed by atoms with Gasteiger partial charge in [-0.1, -0.05) is 15.9 Å². The quantitative estimate of drug-likeness (QED) is 0.890. The van der Waals surface area contributed by atoms with Crippen LogP contribution < -0.4 is 5.73 Å². The van der Waals surface area contributed by atoms with Gasteiger partial charge in [0.2, 0.25) is 0 Å². The van der Waals surface area contributed by atoms with Crippen LogP contribution in [0.4, 0.5) is 4.39 Å². The Labute approximate surface area is 126 Å². The molecular weight excluding hydrogens is 335 g/mol. The minimum Gasteiger partial charge on any atom is -0.334 e. The number of carbonyl (C=O) groups excluding carboxylic acids is 1. The predicted molar refractivity (Wildman–Crippen MR) is 79.1 cm³/mol. The Hall–Kier alpha value is -0.650. The van der Waals surface area contributed by atoms with Gasteiger partial charge in [0.15, 0.2) is 0 Å². The molecule has 0 bridgehead atoms. The summed E-state index contributed by atoms with van der Waals surface area (Å²) in [6.45, 7) is 1.10. The highest BCUT2D eigenvalue weighted by molar-refractivity contribution is 9.10. The fraction of sp³-hybridized carbons (Fsp3) is 0.462. The third kappa shape index (κ3) is 3.68. The van der Waals surface area contributed by atoms with Gasteiger partial charge in [0.25, 0.3) is 5.91 Å². The number of halogens is 3.